The Balaban J connectivity index is 3.02. The second kappa shape index (κ2) is 11.0. The van der Waals surface area contributed by atoms with Crippen LogP contribution >= 0.6 is 0 Å². The first-order chi connectivity index (χ1) is 6.81. The van der Waals surface area contributed by atoms with Crippen LogP contribution in [0.2, 0.25) is 0 Å². The summed E-state index contributed by atoms with van der Waals surface area (Å²) in [6, 6.07) is 0. The zero-order valence-electron chi connectivity index (χ0n) is 9.81. The molecule has 0 fully saturated rings. The lowest BCUT2D eigenvalue weighted by Crippen LogP contribution is -2.38. The first kappa shape index (κ1) is 13.9. The third kappa shape index (κ3) is 9.96. The fourth-order valence-electron chi connectivity index (χ4n) is 1.31. The monoisotopic (exact) mass is 201 g/mol. The largest absolute Gasteiger partial charge is 0.317 e. The molecule has 0 aliphatic heterocycles. The fourth-order valence-corrected chi connectivity index (χ4v) is 1.31. The summed E-state index contributed by atoms with van der Waals surface area (Å²) in [5.41, 5.74) is 5.86. The minimum atomic E-state index is 0.183. The van der Waals surface area contributed by atoms with Crippen molar-refractivity contribution in [1.29, 1.82) is 0 Å². The van der Waals surface area contributed by atoms with Gasteiger partial charge in [0.25, 0.3) is 0 Å². The standard InChI is InChI=1S/C11H27N3/c1-3-5-9-13-10-6-7-11(12)14-8-4-2/h11,13-14H,3-10,12H2,1-2H3. The molecule has 1 atom stereocenters. The first-order valence-corrected chi connectivity index (χ1v) is 6.01. The van der Waals surface area contributed by atoms with Crippen LogP contribution < -0.4 is 16.4 Å². The van der Waals surface area contributed by atoms with Crippen LogP contribution in [-0.4, -0.2) is 25.8 Å². The lowest BCUT2D eigenvalue weighted by Gasteiger charge is -2.12. The molecule has 1 unspecified atom stereocenters. The Hall–Kier alpha value is -0.120. The molecule has 14 heavy (non-hydrogen) atoms. The molecule has 0 heterocycles. The van der Waals surface area contributed by atoms with E-state index in [-0.39, 0.29) is 6.17 Å². The molecule has 0 aromatic heterocycles. The van der Waals surface area contributed by atoms with Gasteiger partial charge in [0.05, 0.1) is 6.17 Å². The van der Waals surface area contributed by atoms with E-state index in [0.717, 1.165) is 32.5 Å². The van der Waals surface area contributed by atoms with Gasteiger partial charge in [-0.2, -0.15) is 0 Å². The van der Waals surface area contributed by atoms with Crippen molar-refractivity contribution >= 4 is 0 Å². The maximum absolute atomic E-state index is 5.86. The molecule has 0 aromatic rings. The second-order valence-corrected chi connectivity index (χ2v) is 3.81. The van der Waals surface area contributed by atoms with Gasteiger partial charge < -0.3 is 16.4 Å². The van der Waals surface area contributed by atoms with Crippen LogP contribution in [0.3, 0.4) is 0 Å². The van der Waals surface area contributed by atoms with E-state index >= 15 is 0 Å². The molecule has 0 saturated carbocycles. The Bertz CT molecular complexity index is 107. The summed E-state index contributed by atoms with van der Waals surface area (Å²) in [5, 5.41) is 6.70. The molecule has 0 spiro atoms. The molecule has 0 rings (SSSR count). The van der Waals surface area contributed by atoms with Crippen molar-refractivity contribution in [3.63, 3.8) is 0 Å². The zero-order chi connectivity index (χ0) is 10.6. The summed E-state index contributed by atoms with van der Waals surface area (Å²) in [6.07, 6.45) is 6.12. The van der Waals surface area contributed by atoms with Gasteiger partial charge in [-0.25, -0.2) is 0 Å². The number of nitrogens with two attached hydrogens (primary N) is 1. The zero-order valence-corrected chi connectivity index (χ0v) is 9.81. The van der Waals surface area contributed by atoms with Crippen molar-refractivity contribution in [3.05, 3.63) is 0 Å². The van der Waals surface area contributed by atoms with Gasteiger partial charge in [-0.3, -0.25) is 0 Å². The molecule has 0 aliphatic carbocycles. The Morgan fingerprint density at radius 3 is 2.36 bits per heavy atom. The van der Waals surface area contributed by atoms with E-state index in [0.29, 0.717) is 0 Å². The molecule has 0 radical (unpaired) electrons. The van der Waals surface area contributed by atoms with Gasteiger partial charge in [0, 0.05) is 0 Å². The molecule has 0 bridgehead atoms. The van der Waals surface area contributed by atoms with E-state index < -0.39 is 0 Å². The van der Waals surface area contributed by atoms with Gasteiger partial charge >= 0.3 is 0 Å². The van der Waals surface area contributed by atoms with E-state index in [9.17, 15) is 0 Å². The van der Waals surface area contributed by atoms with Gasteiger partial charge in [0.1, 0.15) is 0 Å². The molecule has 0 aromatic carbocycles. The first-order valence-electron chi connectivity index (χ1n) is 6.01. The number of unbranched alkanes of at least 4 members (excludes halogenated alkanes) is 1. The minimum absolute atomic E-state index is 0.183. The lowest BCUT2D eigenvalue weighted by atomic mass is 10.2. The lowest BCUT2D eigenvalue weighted by molar-refractivity contribution is 0.469. The average Bonchev–Trinajstić information content (AvgIpc) is 2.20. The normalized spacial score (nSPS) is 13.1. The Morgan fingerprint density at radius 1 is 1.00 bits per heavy atom. The highest BCUT2D eigenvalue weighted by molar-refractivity contribution is 4.59. The van der Waals surface area contributed by atoms with E-state index in [2.05, 4.69) is 24.5 Å². The highest BCUT2D eigenvalue weighted by atomic mass is 15.0. The number of rotatable bonds is 10. The van der Waals surface area contributed by atoms with Crippen LogP contribution in [-0.2, 0) is 0 Å². The van der Waals surface area contributed by atoms with Crippen LogP contribution in [0.25, 0.3) is 0 Å². The molecule has 4 N–H and O–H groups in total. The van der Waals surface area contributed by atoms with Crippen molar-refractivity contribution in [2.45, 2.75) is 52.1 Å². The number of hydrogen-bond donors (Lipinski definition) is 3. The Kier molecular flexibility index (Phi) is 10.9. The molecular weight excluding hydrogens is 174 g/mol. The van der Waals surface area contributed by atoms with Gasteiger partial charge in [0.2, 0.25) is 0 Å². The van der Waals surface area contributed by atoms with E-state index in [1.54, 1.807) is 0 Å². The predicted octanol–water partition coefficient (Wildman–Crippen LogP) is 1.44. The van der Waals surface area contributed by atoms with Gasteiger partial charge in [0.15, 0.2) is 0 Å². The van der Waals surface area contributed by atoms with Crippen LogP contribution in [0.4, 0.5) is 0 Å². The number of hydrogen-bond acceptors (Lipinski definition) is 3. The van der Waals surface area contributed by atoms with Gasteiger partial charge in [-0.05, 0) is 45.3 Å². The third-order valence-corrected chi connectivity index (χ3v) is 2.23. The molecule has 0 aliphatic rings. The molecule has 86 valence electrons. The van der Waals surface area contributed by atoms with Crippen molar-refractivity contribution in [2.75, 3.05) is 19.6 Å². The van der Waals surface area contributed by atoms with E-state index in [1.165, 1.54) is 19.3 Å². The van der Waals surface area contributed by atoms with Crippen molar-refractivity contribution in [3.8, 4) is 0 Å². The maximum atomic E-state index is 5.86. The topological polar surface area (TPSA) is 50.1 Å². The van der Waals surface area contributed by atoms with Crippen LogP contribution in [0.1, 0.15) is 46.0 Å². The molecule has 3 nitrogen and oxygen atoms in total. The maximum Gasteiger partial charge on any atom is 0.0546 e. The molecule has 3 heteroatoms. The van der Waals surface area contributed by atoms with Crippen molar-refractivity contribution in [2.24, 2.45) is 5.73 Å². The fraction of sp³-hybridized carbons (Fsp3) is 1.00. The average molecular weight is 201 g/mol. The summed E-state index contributed by atoms with van der Waals surface area (Å²) in [6.45, 7) is 7.65. The summed E-state index contributed by atoms with van der Waals surface area (Å²) < 4.78 is 0. The summed E-state index contributed by atoms with van der Waals surface area (Å²) >= 11 is 0. The summed E-state index contributed by atoms with van der Waals surface area (Å²) in [5.74, 6) is 0. The van der Waals surface area contributed by atoms with Gasteiger partial charge in [-0.15, -0.1) is 0 Å². The summed E-state index contributed by atoms with van der Waals surface area (Å²) in [4.78, 5) is 0. The molecule has 0 amide bonds. The Morgan fingerprint density at radius 2 is 1.71 bits per heavy atom. The second-order valence-electron chi connectivity index (χ2n) is 3.81. The highest BCUT2D eigenvalue weighted by Gasteiger charge is 1.98. The molecule has 0 saturated heterocycles. The quantitative estimate of drug-likeness (QED) is 0.370. The SMILES string of the molecule is CCCCNCCCC(N)NCCC. The minimum Gasteiger partial charge on any atom is -0.317 e. The van der Waals surface area contributed by atoms with Crippen molar-refractivity contribution in [1.82, 2.24) is 10.6 Å². The van der Waals surface area contributed by atoms with Crippen LogP contribution in [0.15, 0.2) is 0 Å². The highest BCUT2D eigenvalue weighted by Crippen LogP contribution is 1.91. The van der Waals surface area contributed by atoms with Gasteiger partial charge in [-0.1, -0.05) is 20.3 Å². The summed E-state index contributed by atoms with van der Waals surface area (Å²) in [7, 11) is 0. The van der Waals surface area contributed by atoms with Crippen molar-refractivity contribution < 1.29 is 0 Å². The number of nitrogens with one attached hydrogen (secondary N) is 2. The van der Waals surface area contributed by atoms with E-state index in [4.69, 9.17) is 5.73 Å². The Labute approximate surface area is 88.8 Å². The predicted molar refractivity (Wildman–Crippen MR) is 63.3 cm³/mol. The van der Waals surface area contributed by atoms with E-state index in [1.807, 2.05) is 0 Å². The smallest absolute Gasteiger partial charge is 0.0546 e. The van der Waals surface area contributed by atoms with Crippen LogP contribution in [0.5, 0.6) is 0 Å². The van der Waals surface area contributed by atoms with Crippen LogP contribution in [0, 0.1) is 0 Å². The molecular formula is C11H27N3. The third-order valence-electron chi connectivity index (χ3n) is 2.23.